The van der Waals surface area contributed by atoms with Crippen molar-refractivity contribution >= 4 is 15.7 Å². The van der Waals surface area contributed by atoms with E-state index in [0.29, 0.717) is 25.1 Å². The average molecular weight is 384 g/mol. The molecule has 1 aliphatic rings. The fourth-order valence-corrected chi connectivity index (χ4v) is 4.91. The van der Waals surface area contributed by atoms with Gasteiger partial charge in [-0.25, -0.2) is 8.42 Å². The molecule has 3 rings (SSSR count). The maximum atomic E-state index is 13.2. The molecule has 0 spiro atoms. The van der Waals surface area contributed by atoms with Crippen LogP contribution in [0.2, 0.25) is 0 Å². The Hall–Kier alpha value is -2.06. The van der Waals surface area contributed by atoms with Crippen molar-refractivity contribution in [2.24, 2.45) is 5.73 Å². The van der Waals surface area contributed by atoms with Gasteiger partial charge >= 0.3 is 6.18 Å². The zero-order chi connectivity index (χ0) is 18.9. The van der Waals surface area contributed by atoms with Crippen molar-refractivity contribution in [2.45, 2.75) is 31.3 Å². The van der Waals surface area contributed by atoms with Crippen molar-refractivity contribution < 1.29 is 21.6 Å². The highest BCUT2D eigenvalue weighted by Gasteiger charge is 2.35. The van der Waals surface area contributed by atoms with Gasteiger partial charge in [-0.2, -0.15) is 13.2 Å². The number of benzene rings is 2. The Bertz CT molecular complexity index is 911. The third kappa shape index (κ3) is 3.71. The van der Waals surface area contributed by atoms with Gasteiger partial charge in [0.1, 0.15) is 0 Å². The molecule has 140 valence electrons. The Morgan fingerprint density at radius 2 is 1.85 bits per heavy atom. The topological polar surface area (TPSA) is 63.4 Å². The van der Waals surface area contributed by atoms with E-state index in [1.807, 2.05) is 6.07 Å². The summed E-state index contributed by atoms with van der Waals surface area (Å²) >= 11 is 0. The maximum Gasteiger partial charge on any atom is 0.416 e. The molecule has 0 atom stereocenters. The van der Waals surface area contributed by atoms with Crippen molar-refractivity contribution in [1.82, 2.24) is 0 Å². The minimum Gasteiger partial charge on any atom is -0.326 e. The molecule has 0 unspecified atom stereocenters. The number of hydrogen-bond acceptors (Lipinski definition) is 3. The highest BCUT2D eigenvalue weighted by atomic mass is 32.2. The predicted molar refractivity (Wildman–Crippen MR) is 94.1 cm³/mol. The van der Waals surface area contributed by atoms with Crippen molar-refractivity contribution in [1.29, 1.82) is 0 Å². The number of fused-ring (bicyclic) bond motifs is 1. The minimum absolute atomic E-state index is 0.245. The van der Waals surface area contributed by atoms with Gasteiger partial charge in [-0.15, -0.1) is 0 Å². The molecule has 2 aromatic carbocycles. The molecular weight excluding hydrogens is 365 g/mol. The quantitative estimate of drug-likeness (QED) is 0.878. The van der Waals surface area contributed by atoms with E-state index in [-0.39, 0.29) is 12.1 Å². The standard InChI is InChI=1S/C18H19F3N2O2S/c19-18(20,21)16-6-2-1-4-15(16)12-26(24,25)23-9-3-5-14-10-13(11-22)7-8-17(14)23/h1-2,4,6-8,10H,3,5,9,11-12,22H2. The molecule has 2 N–H and O–H groups in total. The summed E-state index contributed by atoms with van der Waals surface area (Å²) in [5.41, 5.74) is 6.74. The summed E-state index contributed by atoms with van der Waals surface area (Å²) in [6.07, 6.45) is -3.27. The molecule has 4 nitrogen and oxygen atoms in total. The van der Waals surface area contributed by atoms with Crippen LogP contribution in [0.5, 0.6) is 0 Å². The number of nitrogens with two attached hydrogens (primary N) is 1. The number of aryl methyl sites for hydroxylation is 1. The molecule has 0 saturated heterocycles. The van der Waals surface area contributed by atoms with Crippen LogP contribution >= 0.6 is 0 Å². The van der Waals surface area contributed by atoms with E-state index in [1.54, 1.807) is 12.1 Å². The highest BCUT2D eigenvalue weighted by molar-refractivity contribution is 7.92. The summed E-state index contributed by atoms with van der Waals surface area (Å²) in [5.74, 6) is -0.694. The normalized spacial score (nSPS) is 15.0. The largest absolute Gasteiger partial charge is 0.416 e. The fraction of sp³-hybridized carbons (Fsp3) is 0.333. The minimum atomic E-state index is -4.60. The summed E-state index contributed by atoms with van der Waals surface area (Å²) < 4.78 is 66.5. The second-order valence-corrected chi connectivity index (χ2v) is 8.15. The van der Waals surface area contributed by atoms with Crippen LogP contribution in [0.1, 0.15) is 28.7 Å². The third-order valence-corrected chi connectivity index (χ3v) is 6.18. The lowest BCUT2D eigenvalue weighted by Crippen LogP contribution is -2.36. The van der Waals surface area contributed by atoms with E-state index in [2.05, 4.69) is 0 Å². The van der Waals surface area contributed by atoms with Gasteiger partial charge in [0.15, 0.2) is 0 Å². The van der Waals surface area contributed by atoms with Crippen LogP contribution < -0.4 is 10.0 Å². The number of hydrogen-bond donors (Lipinski definition) is 1. The smallest absolute Gasteiger partial charge is 0.326 e. The predicted octanol–water partition coefficient (Wildman–Crippen LogP) is 3.45. The van der Waals surface area contributed by atoms with E-state index in [9.17, 15) is 21.6 Å². The summed E-state index contributed by atoms with van der Waals surface area (Å²) in [4.78, 5) is 0. The van der Waals surface area contributed by atoms with Crippen LogP contribution in [-0.2, 0) is 34.9 Å². The van der Waals surface area contributed by atoms with Gasteiger partial charge in [-0.3, -0.25) is 4.31 Å². The molecule has 2 aromatic rings. The highest BCUT2D eigenvalue weighted by Crippen LogP contribution is 2.35. The van der Waals surface area contributed by atoms with Crippen LogP contribution in [0.3, 0.4) is 0 Å². The molecule has 1 heterocycles. The molecule has 8 heteroatoms. The summed E-state index contributed by atoms with van der Waals surface area (Å²) in [6.45, 7) is 0.602. The van der Waals surface area contributed by atoms with Crippen LogP contribution in [0.25, 0.3) is 0 Å². The Kier molecular flexibility index (Phi) is 4.98. The van der Waals surface area contributed by atoms with Gasteiger partial charge in [0.25, 0.3) is 0 Å². The third-order valence-electron chi connectivity index (χ3n) is 4.45. The first-order valence-corrected chi connectivity index (χ1v) is 9.80. The first-order chi connectivity index (χ1) is 12.2. The zero-order valence-electron chi connectivity index (χ0n) is 14.0. The van der Waals surface area contributed by atoms with Gasteiger partial charge in [0.2, 0.25) is 10.0 Å². The van der Waals surface area contributed by atoms with Crippen molar-refractivity contribution in [2.75, 3.05) is 10.8 Å². The molecule has 0 fully saturated rings. The molecule has 0 radical (unpaired) electrons. The molecule has 0 bridgehead atoms. The van der Waals surface area contributed by atoms with E-state index in [0.717, 1.165) is 17.2 Å². The summed E-state index contributed by atoms with van der Waals surface area (Å²) in [6, 6.07) is 10.1. The summed E-state index contributed by atoms with van der Waals surface area (Å²) in [7, 11) is -3.95. The Morgan fingerprint density at radius 3 is 2.54 bits per heavy atom. The van der Waals surface area contributed by atoms with Gasteiger partial charge < -0.3 is 5.73 Å². The Labute approximate surface area is 150 Å². The van der Waals surface area contributed by atoms with Crippen LogP contribution in [0.15, 0.2) is 42.5 Å². The van der Waals surface area contributed by atoms with Gasteiger partial charge in [-0.05, 0) is 41.7 Å². The Morgan fingerprint density at radius 1 is 1.12 bits per heavy atom. The number of halogens is 3. The lowest BCUT2D eigenvalue weighted by molar-refractivity contribution is -0.138. The second kappa shape index (κ2) is 6.92. The Balaban J connectivity index is 1.97. The van der Waals surface area contributed by atoms with Crippen LogP contribution in [0.4, 0.5) is 18.9 Å². The van der Waals surface area contributed by atoms with Crippen molar-refractivity contribution in [3.63, 3.8) is 0 Å². The monoisotopic (exact) mass is 384 g/mol. The molecule has 1 aliphatic heterocycles. The number of nitrogens with zero attached hydrogens (tertiary/aromatic N) is 1. The van der Waals surface area contributed by atoms with Crippen LogP contribution in [-0.4, -0.2) is 15.0 Å². The summed E-state index contributed by atoms with van der Waals surface area (Å²) in [5, 5.41) is 0. The fourth-order valence-electron chi connectivity index (χ4n) is 3.23. The average Bonchev–Trinajstić information content (AvgIpc) is 2.59. The zero-order valence-corrected chi connectivity index (χ0v) is 14.8. The van der Waals surface area contributed by atoms with Gasteiger partial charge in [-0.1, -0.05) is 30.3 Å². The number of sulfonamides is 1. The van der Waals surface area contributed by atoms with E-state index in [1.165, 1.54) is 22.5 Å². The van der Waals surface area contributed by atoms with E-state index < -0.39 is 27.5 Å². The van der Waals surface area contributed by atoms with Crippen molar-refractivity contribution in [3.05, 3.63) is 64.7 Å². The molecule has 0 saturated carbocycles. The number of alkyl halides is 3. The lowest BCUT2D eigenvalue weighted by Gasteiger charge is -2.31. The van der Waals surface area contributed by atoms with E-state index >= 15 is 0 Å². The van der Waals surface area contributed by atoms with E-state index in [4.69, 9.17) is 5.73 Å². The van der Waals surface area contributed by atoms with Gasteiger partial charge in [0, 0.05) is 13.1 Å². The SMILES string of the molecule is NCc1ccc2c(c1)CCCN2S(=O)(=O)Cc1ccccc1C(F)(F)F. The maximum absolute atomic E-state index is 13.2. The molecule has 0 aromatic heterocycles. The molecular formula is C18H19F3N2O2S. The number of anilines is 1. The molecule has 0 amide bonds. The number of rotatable bonds is 4. The molecule has 0 aliphatic carbocycles. The van der Waals surface area contributed by atoms with Gasteiger partial charge in [0.05, 0.1) is 17.0 Å². The van der Waals surface area contributed by atoms with Crippen LogP contribution in [0, 0.1) is 0 Å². The second-order valence-electron chi connectivity index (χ2n) is 6.25. The first-order valence-electron chi connectivity index (χ1n) is 8.20. The lowest BCUT2D eigenvalue weighted by atomic mass is 10.0. The first kappa shape index (κ1) is 18.7. The van der Waals surface area contributed by atoms with Crippen molar-refractivity contribution in [3.8, 4) is 0 Å². The molecule has 26 heavy (non-hydrogen) atoms.